The predicted molar refractivity (Wildman–Crippen MR) is 54.1 cm³/mol. The summed E-state index contributed by atoms with van der Waals surface area (Å²) in [4.78, 5) is 0. The van der Waals surface area contributed by atoms with Gasteiger partial charge in [-0.25, -0.2) is 12.8 Å². The number of halogens is 1. The van der Waals surface area contributed by atoms with E-state index in [1.807, 2.05) is 0 Å². The fourth-order valence-electron chi connectivity index (χ4n) is 1.56. The van der Waals surface area contributed by atoms with Crippen LogP contribution >= 0.6 is 0 Å². The van der Waals surface area contributed by atoms with Crippen molar-refractivity contribution in [3.8, 4) is 5.75 Å². The van der Waals surface area contributed by atoms with Gasteiger partial charge >= 0.3 is 0 Å². The zero-order chi connectivity index (χ0) is 10.9. The molecule has 0 N–H and O–H groups in total. The predicted octanol–water partition coefficient (Wildman–Crippen LogP) is 1.39. The average Bonchev–Trinajstić information content (AvgIpc) is 2.50. The maximum absolute atomic E-state index is 12.6. The van der Waals surface area contributed by atoms with E-state index in [0.29, 0.717) is 12.2 Å². The molecule has 1 saturated heterocycles. The van der Waals surface area contributed by atoms with E-state index in [1.165, 1.54) is 24.3 Å². The van der Waals surface area contributed by atoms with Crippen molar-refractivity contribution in [1.82, 2.24) is 0 Å². The Morgan fingerprint density at radius 2 is 1.93 bits per heavy atom. The summed E-state index contributed by atoms with van der Waals surface area (Å²) in [5.41, 5.74) is 0. The first-order valence-corrected chi connectivity index (χ1v) is 6.50. The van der Waals surface area contributed by atoms with E-state index in [0.717, 1.165) is 0 Å². The zero-order valence-corrected chi connectivity index (χ0v) is 8.84. The van der Waals surface area contributed by atoms with Crippen LogP contribution in [0.2, 0.25) is 0 Å². The maximum Gasteiger partial charge on any atom is 0.154 e. The topological polar surface area (TPSA) is 43.4 Å². The van der Waals surface area contributed by atoms with E-state index < -0.39 is 9.84 Å². The Morgan fingerprint density at radius 1 is 1.27 bits per heavy atom. The second-order valence-corrected chi connectivity index (χ2v) is 5.83. The minimum Gasteiger partial charge on any atom is -0.489 e. The van der Waals surface area contributed by atoms with Gasteiger partial charge in [-0.1, -0.05) is 0 Å². The van der Waals surface area contributed by atoms with E-state index in [9.17, 15) is 12.8 Å². The summed E-state index contributed by atoms with van der Waals surface area (Å²) < 4.78 is 40.3. The van der Waals surface area contributed by atoms with Gasteiger partial charge in [0.25, 0.3) is 0 Å². The highest BCUT2D eigenvalue weighted by molar-refractivity contribution is 7.91. The Hall–Kier alpha value is -1.10. The van der Waals surface area contributed by atoms with Crippen molar-refractivity contribution >= 4 is 9.84 Å². The van der Waals surface area contributed by atoms with Crippen LogP contribution in [-0.4, -0.2) is 26.0 Å². The van der Waals surface area contributed by atoms with Gasteiger partial charge in [-0.15, -0.1) is 0 Å². The maximum atomic E-state index is 12.6. The minimum absolute atomic E-state index is 0.0599. The Bertz CT molecular complexity index is 438. The summed E-state index contributed by atoms with van der Waals surface area (Å²) in [6.45, 7) is 0. The summed E-state index contributed by atoms with van der Waals surface area (Å²) in [6, 6.07) is 5.58. The third-order valence-electron chi connectivity index (χ3n) is 2.31. The molecule has 1 aliphatic rings. The molecule has 1 unspecified atom stereocenters. The molecule has 1 fully saturated rings. The monoisotopic (exact) mass is 230 g/mol. The normalized spacial score (nSPS) is 23.9. The van der Waals surface area contributed by atoms with E-state index >= 15 is 0 Å². The smallest absolute Gasteiger partial charge is 0.154 e. The Morgan fingerprint density at radius 3 is 2.47 bits per heavy atom. The highest BCUT2D eigenvalue weighted by Gasteiger charge is 2.29. The summed E-state index contributed by atoms with van der Waals surface area (Å²) in [5, 5.41) is 0. The van der Waals surface area contributed by atoms with Gasteiger partial charge in [-0.2, -0.15) is 0 Å². The van der Waals surface area contributed by atoms with E-state index in [2.05, 4.69) is 0 Å². The second-order valence-electron chi connectivity index (χ2n) is 3.60. The zero-order valence-electron chi connectivity index (χ0n) is 8.02. The van der Waals surface area contributed by atoms with Crippen molar-refractivity contribution in [3.05, 3.63) is 30.1 Å². The molecule has 0 radical (unpaired) electrons. The van der Waals surface area contributed by atoms with Gasteiger partial charge in [0.1, 0.15) is 17.7 Å². The molecule has 3 nitrogen and oxygen atoms in total. The molecule has 1 aliphatic heterocycles. The van der Waals surface area contributed by atoms with Crippen molar-refractivity contribution in [2.45, 2.75) is 12.5 Å². The molecule has 1 heterocycles. The van der Waals surface area contributed by atoms with Gasteiger partial charge in [-0.3, -0.25) is 0 Å². The molecule has 0 amide bonds. The van der Waals surface area contributed by atoms with Gasteiger partial charge in [0.2, 0.25) is 0 Å². The van der Waals surface area contributed by atoms with E-state index in [4.69, 9.17) is 4.74 Å². The van der Waals surface area contributed by atoms with Crippen LogP contribution in [0.5, 0.6) is 5.75 Å². The van der Waals surface area contributed by atoms with Crippen LogP contribution in [0.15, 0.2) is 24.3 Å². The molecule has 1 aromatic carbocycles. The highest BCUT2D eigenvalue weighted by Crippen LogP contribution is 2.19. The van der Waals surface area contributed by atoms with Crippen LogP contribution in [0.4, 0.5) is 4.39 Å². The molecule has 0 bridgehead atoms. The number of rotatable bonds is 2. The van der Waals surface area contributed by atoms with Gasteiger partial charge < -0.3 is 4.74 Å². The Kier molecular flexibility index (Phi) is 2.65. The molecule has 0 spiro atoms. The third kappa shape index (κ3) is 2.68. The molecule has 0 saturated carbocycles. The van der Waals surface area contributed by atoms with Crippen molar-refractivity contribution in [1.29, 1.82) is 0 Å². The van der Waals surface area contributed by atoms with Crippen molar-refractivity contribution in [3.63, 3.8) is 0 Å². The first-order valence-electron chi connectivity index (χ1n) is 4.68. The van der Waals surface area contributed by atoms with Crippen LogP contribution in [0.25, 0.3) is 0 Å². The Balaban J connectivity index is 2.02. The van der Waals surface area contributed by atoms with Crippen molar-refractivity contribution < 1.29 is 17.5 Å². The lowest BCUT2D eigenvalue weighted by Gasteiger charge is -2.11. The van der Waals surface area contributed by atoms with Gasteiger partial charge in [0, 0.05) is 0 Å². The molecular formula is C10H11FO3S. The number of benzene rings is 1. The Labute approximate surface area is 87.8 Å². The molecule has 1 atom stereocenters. The first kappa shape index (κ1) is 10.4. The lowest BCUT2D eigenvalue weighted by atomic mass is 10.3. The molecular weight excluding hydrogens is 219 g/mol. The van der Waals surface area contributed by atoms with E-state index in [-0.39, 0.29) is 23.4 Å². The fraction of sp³-hybridized carbons (Fsp3) is 0.400. The van der Waals surface area contributed by atoms with Gasteiger partial charge in [0.05, 0.1) is 11.5 Å². The molecule has 0 aromatic heterocycles. The molecule has 1 aromatic rings. The standard InChI is InChI=1S/C10H11FO3S/c11-8-1-3-9(4-2-8)14-10-5-6-15(12,13)7-10/h1-4,10H,5-7H2. The lowest BCUT2D eigenvalue weighted by molar-refractivity contribution is 0.228. The van der Waals surface area contributed by atoms with Crippen LogP contribution in [0.1, 0.15) is 6.42 Å². The van der Waals surface area contributed by atoms with Crippen LogP contribution in [0, 0.1) is 5.82 Å². The summed E-state index contributed by atoms with van der Waals surface area (Å²) >= 11 is 0. The second kappa shape index (κ2) is 3.81. The lowest BCUT2D eigenvalue weighted by Crippen LogP contribution is -2.17. The fourth-order valence-corrected chi connectivity index (χ4v) is 3.15. The van der Waals surface area contributed by atoms with Gasteiger partial charge in [0.15, 0.2) is 9.84 Å². The van der Waals surface area contributed by atoms with E-state index in [1.54, 1.807) is 0 Å². The largest absolute Gasteiger partial charge is 0.489 e. The van der Waals surface area contributed by atoms with Gasteiger partial charge in [-0.05, 0) is 30.7 Å². The number of sulfone groups is 1. The van der Waals surface area contributed by atoms with Crippen molar-refractivity contribution in [2.75, 3.05) is 11.5 Å². The minimum atomic E-state index is -2.92. The summed E-state index contributed by atoms with van der Waals surface area (Å²) in [6.07, 6.45) is 0.222. The molecule has 5 heteroatoms. The van der Waals surface area contributed by atoms with Crippen LogP contribution in [0.3, 0.4) is 0 Å². The quantitative estimate of drug-likeness (QED) is 0.771. The molecule has 82 valence electrons. The number of hydrogen-bond donors (Lipinski definition) is 0. The third-order valence-corrected chi connectivity index (χ3v) is 4.04. The number of hydrogen-bond acceptors (Lipinski definition) is 3. The van der Waals surface area contributed by atoms with Crippen molar-refractivity contribution in [2.24, 2.45) is 0 Å². The summed E-state index contributed by atoms with van der Waals surface area (Å²) in [5.74, 6) is 0.420. The highest BCUT2D eigenvalue weighted by atomic mass is 32.2. The SMILES string of the molecule is O=S1(=O)CCC(Oc2ccc(F)cc2)C1. The molecule has 2 rings (SSSR count). The first-order chi connectivity index (χ1) is 7.05. The van der Waals surface area contributed by atoms with Crippen LogP contribution < -0.4 is 4.74 Å². The number of ether oxygens (including phenoxy) is 1. The van der Waals surface area contributed by atoms with Crippen LogP contribution in [-0.2, 0) is 9.84 Å². The average molecular weight is 230 g/mol. The molecule has 15 heavy (non-hydrogen) atoms. The summed E-state index contributed by atoms with van der Waals surface area (Å²) in [7, 11) is -2.92. The molecule has 0 aliphatic carbocycles.